The maximum atomic E-state index is 5.25. The first-order valence-electron chi connectivity index (χ1n) is 6.02. The van der Waals surface area contributed by atoms with Crippen molar-refractivity contribution in [3.63, 3.8) is 0 Å². The van der Waals surface area contributed by atoms with Crippen LogP contribution >= 0.6 is 23.1 Å². The minimum Gasteiger partial charge on any atom is -0.338 e. The van der Waals surface area contributed by atoms with Gasteiger partial charge in [-0.2, -0.15) is 4.98 Å². The van der Waals surface area contributed by atoms with Crippen LogP contribution in [0.5, 0.6) is 0 Å². The van der Waals surface area contributed by atoms with E-state index in [0.717, 1.165) is 21.4 Å². The number of thiophene rings is 1. The van der Waals surface area contributed by atoms with Crippen molar-refractivity contribution in [2.45, 2.75) is 24.6 Å². The molecular formula is C13H12N4OS2. The molecule has 0 N–H and O–H groups in total. The first kappa shape index (κ1) is 13.3. The van der Waals surface area contributed by atoms with E-state index in [1.807, 2.05) is 37.4 Å². The minimum atomic E-state index is 0.604. The maximum Gasteiger partial charge on any atom is 0.237 e. The van der Waals surface area contributed by atoms with Gasteiger partial charge in [-0.15, -0.1) is 11.3 Å². The molecule has 0 saturated heterocycles. The zero-order valence-corrected chi connectivity index (χ0v) is 12.7. The van der Waals surface area contributed by atoms with Crippen molar-refractivity contribution >= 4 is 23.1 Å². The Bertz CT molecular complexity index is 689. The molecule has 20 heavy (non-hydrogen) atoms. The number of aryl methyl sites for hydroxylation is 2. The second kappa shape index (κ2) is 5.72. The van der Waals surface area contributed by atoms with Crippen LogP contribution in [0.3, 0.4) is 0 Å². The fourth-order valence-electron chi connectivity index (χ4n) is 1.71. The lowest BCUT2D eigenvalue weighted by atomic mass is 10.4. The Balaban J connectivity index is 1.69. The van der Waals surface area contributed by atoms with Gasteiger partial charge in [-0.1, -0.05) is 23.0 Å². The smallest absolute Gasteiger partial charge is 0.237 e. The second-order valence-electron chi connectivity index (χ2n) is 4.17. The van der Waals surface area contributed by atoms with Gasteiger partial charge in [0.25, 0.3) is 0 Å². The van der Waals surface area contributed by atoms with E-state index in [2.05, 4.69) is 20.1 Å². The molecule has 0 bridgehead atoms. The summed E-state index contributed by atoms with van der Waals surface area (Å²) in [5, 5.41) is 6.90. The lowest BCUT2D eigenvalue weighted by Crippen LogP contribution is -1.93. The van der Waals surface area contributed by atoms with Crippen molar-refractivity contribution in [2.75, 3.05) is 0 Å². The topological polar surface area (TPSA) is 64.7 Å². The predicted octanol–water partition coefficient (Wildman–Crippen LogP) is 3.50. The standard InChI is InChI=1S/C13H12N4OS2/c1-8-6-12(15-9(2)14-8)20-7-11-16-13(17-18-11)10-4-3-5-19-10/h3-6H,7H2,1-2H3. The monoisotopic (exact) mass is 304 g/mol. The van der Waals surface area contributed by atoms with Gasteiger partial charge in [0.1, 0.15) is 10.9 Å². The number of rotatable bonds is 4. The van der Waals surface area contributed by atoms with Gasteiger partial charge in [0.05, 0.1) is 10.6 Å². The summed E-state index contributed by atoms with van der Waals surface area (Å²) < 4.78 is 5.25. The zero-order valence-electron chi connectivity index (χ0n) is 11.0. The molecule has 3 heterocycles. The molecule has 0 amide bonds. The molecule has 3 aromatic heterocycles. The highest BCUT2D eigenvalue weighted by Crippen LogP contribution is 2.24. The van der Waals surface area contributed by atoms with Crippen molar-refractivity contribution in [2.24, 2.45) is 0 Å². The predicted molar refractivity (Wildman–Crippen MR) is 78.7 cm³/mol. The molecule has 0 aliphatic carbocycles. The zero-order chi connectivity index (χ0) is 13.9. The van der Waals surface area contributed by atoms with E-state index in [1.165, 1.54) is 0 Å². The van der Waals surface area contributed by atoms with Gasteiger partial charge in [0, 0.05) is 5.69 Å². The summed E-state index contributed by atoms with van der Waals surface area (Å²) in [4.78, 5) is 14.0. The third-order valence-corrected chi connectivity index (χ3v) is 4.26. The number of nitrogens with zero attached hydrogens (tertiary/aromatic N) is 4. The summed E-state index contributed by atoms with van der Waals surface area (Å²) in [5.74, 6) is 2.63. The molecule has 0 unspecified atom stereocenters. The Morgan fingerprint density at radius 3 is 2.90 bits per heavy atom. The number of aromatic nitrogens is 4. The van der Waals surface area contributed by atoms with Crippen LogP contribution in [0, 0.1) is 13.8 Å². The van der Waals surface area contributed by atoms with Gasteiger partial charge < -0.3 is 4.52 Å². The number of hydrogen-bond acceptors (Lipinski definition) is 7. The summed E-state index contributed by atoms with van der Waals surface area (Å²) in [5.41, 5.74) is 0.963. The van der Waals surface area contributed by atoms with E-state index >= 15 is 0 Å². The Morgan fingerprint density at radius 1 is 1.25 bits per heavy atom. The van der Waals surface area contributed by atoms with E-state index in [4.69, 9.17) is 4.52 Å². The van der Waals surface area contributed by atoms with Gasteiger partial charge in [0.2, 0.25) is 11.7 Å². The van der Waals surface area contributed by atoms with Crippen LogP contribution in [0.1, 0.15) is 17.4 Å². The summed E-state index contributed by atoms with van der Waals surface area (Å²) in [7, 11) is 0. The third kappa shape index (κ3) is 3.05. The summed E-state index contributed by atoms with van der Waals surface area (Å²) in [6.07, 6.45) is 0. The largest absolute Gasteiger partial charge is 0.338 e. The van der Waals surface area contributed by atoms with Crippen LogP contribution in [0.15, 0.2) is 33.1 Å². The Hall–Kier alpha value is -1.73. The summed E-state index contributed by atoms with van der Waals surface area (Å²) >= 11 is 3.16. The Morgan fingerprint density at radius 2 is 2.15 bits per heavy atom. The van der Waals surface area contributed by atoms with Gasteiger partial charge in [-0.25, -0.2) is 9.97 Å². The Labute approximate surface area is 124 Å². The molecule has 0 spiro atoms. The molecule has 0 aliphatic rings. The van der Waals surface area contributed by atoms with E-state index in [9.17, 15) is 0 Å². The van der Waals surface area contributed by atoms with E-state index < -0.39 is 0 Å². The summed E-state index contributed by atoms with van der Waals surface area (Å²) in [6.45, 7) is 3.85. The van der Waals surface area contributed by atoms with Crippen LogP contribution in [0.2, 0.25) is 0 Å². The number of hydrogen-bond donors (Lipinski definition) is 0. The molecule has 5 nitrogen and oxygen atoms in total. The fourth-order valence-corrected chi connectivity index (χ4v) is 3.20. The Kier molecular flexibility index (Phi) is 3.79. The maximum absolute atomic E-state index is 5.25. The van der Waals surface area contributed by atoms with Crippen molar-refractivity contribution in [1.29, 1.82) is 0 Å². The molecule has 0 atom stereocenters. The quantitative estimate of drug-likeness (QED) is 0.543. The first-order valence-corrected chi connectivity index (χ1v) is 7.89. The van der Waals surface area contributed by atoms with Crippen LogP contribution < -0.4 is 0 Å². The van der Waals surface area contributed by atoms with E-state index in [-0.39, 0.29) is 0 Å². The normalized spacial score (nSPS) is 10.9. The highest BCUT2D eigenvalue weighted by Gasteiger charge is 2.10. The second-order valence-corrected chi connectivity index (χ2v) is 6.12. The third-order valence-electron chi connectivity index (χ3n) is 2.50. The van der Waals surface area contributed by atoms with E-state index in [1.54, 1.807) is 23.1 Å². The average molecular weight is 304 g/mol. The molecule has 7 heteroatoms. The van der Waals surface area contributed by atoms with Crippen molar-refractivity contribution in [1.82, 2.24) is 20.1 Å². The highest BCUT2D eigenvalue weighted by molar-refractivity contribution is 7.98. The molecule has 3 aromatic rings. The molecule has 0 radical (unpaired) electrons. The lowest BCUT2D eigenvalue weighted by Gasteiger charge is -2.00. The SMILES string of the molecule is Cc1cc(SCc2nc(-c3cccs3)no2)nc(C)n1. The van der Waals surface area contributed by atoms with Crippen molar-refractivity contribution in [3.05, 3.63) is 41.0 Å². The average Bonchev–Trinajstić information content (AvgIpc) is 3.06. The summed E-state index contributed by atoms with van der Waals surface area (Å²) in [6, 6.07) is 5.90. The fraction of sp³-hybridized carbons (Fsp3) is 0.231. The van der Waals surface area contributed by atoms with Crippen molar-refractivity contribution in [3.8, 4) is 10.7 Å². The molecule has 0 fully saturated rings. The van der Waals surface area contributed by atoms with Gasteiger partial charge in [-0.05, 0) is 31.4 Å². The molecule has 0 aromatic carbocycles. The van der Waals surface area contributed by atoms with E-state index in [0.29, 0.717) is 17.5 Å². The molecule has 0 aliphatic heterocycles. The van der Waals surface area contributed by atoms with Crippen LogP contribution in [0.4, 0.5) is 0 Å². The van der Waals surface area contributed by atoms with Crippen LogP contribution in [-0.2, 0) is 5.75 Å². The lowest BCUT2D eigenvalue weighted by molar-refractivity contribution is 0.392. The first-order chi connectivity index (χ1) is 9.70. The van der Waals surface area contributed by atoms with Crippen LogP contribution in [-0.4, -0.2) is 20.1 Å². The number of thioether (sulfide) groups is 1. The molecule has 0 saturated carbocycles. The molecule has 3 rings (SSSR count). The minimum absolute atomic E-state index is 0.604. The van der Waals surface area contributed by atoms with Gasteiger partial charge >= 0.3 is 0 Å². The highest BCUT2D eigenvalue weighted by atomic mass is 32.2. The molecular weight excluding hydrogens is 292 g/mol. The van der Waals surface area contributed by atoms with Gasteiger partial charge in [-0.3, -0.25) is 0 Å². The molecule has 102 valence electrons. The van der Waals surface area contributed by atoms with Crippen LogP contribution in [0.25, 0.3) is 10.7 Å². The van der Waals surface area contributed by atoms with Crippen molar-refractivity contribution < 1.29 is 4.52 Å². The van der Waals surface area contributed by atoms with Gasteiger partial charge in [0.15, 0.2) is 0 Å².